The summed E-state index contributed by atoms with van der Waals surface area (Å²) in [5.74, 6) is 1.39. The van der Waals surface area contributed by atoms with Crippen molar-refractivity contribution < 1.29 is 14.6 Å². The zero-order valence-electron chi connectivity index (χ0n) is 17.0. The topological polar surface area (TPSA) is 95.0 Å². The summed E-state index contributed by atoms with van der Waals surface area (Å²) in [4.78, 5) is 16.4. The second-order valence-corrected chi connectivity index (χ2v) is 6.27. The Bertz CT molecular complexity index is 810. The number of nitrogens with zero attached hydrogens (tertiary/aromatic N) is 1. The summed E-state index contributed by atoms with van der Waals surface area (Å²) in [5, 5.41) is 18.4. The van der Waals surface area contributed by atoms with E-state index in [0.29, 0.717) is 24.7 Å². The number of aromatic hydroxyl groups is 1. The number of carbonyl (C=O) groups excluding carboxylic acids is 1. The maximum Gasteiger partial charge on any atom is 0.246 e. The lowest BCUT2D eigenvalue weighted by molar-refractivity contribution is -0.114. The van der Waals surface area contributed by atoms with Gasteiger partial charge < -0.3 is 25.8 Å². The number of phenols is 1. The van der Waals surface area contributed by atoms with Crippen molar-refractivity contribution >= 4 is 41.5 Å². The molecule has 1 amide bonds. The number of hydrogen-bond donors (Lipinski definition) is 4. The number of nitrogens with one attached hydrogen (secondary N) is 3. The van der Waals surface area contributed by atoms with Crippen LogP contribution in [0.2, 0.25) is 0 Å². The van der Waals surface area contributed by atoms with Crippen molar-refractivity contribution in [2.24, 2.45) is 4.99 Å². The first-order valence-electron chi connectivity index (χ1n) is 9.26. The van der Waals surface area contributed by atoms with Crippen LogP contribution in [0.3, 0.4) is 0 Å². The maximum atomic E-state index is 12.1. The molecule has 0 aromatic heterocycles. The van der Waals surface area contributed by atoms with Gasteiger partial charge in [-0.3, -0.25) is 4.79 Å². The lowest BCUT2D eigenvalue weighted by Crippen LogP contribution is -2.39. The molecule has 7 nitrogen and oxygen atoms in total. The predicted octanol–water partition coefficient (Wildman–Crippen LogP) is 3.06. The molecular formula is C21H29IN4O3. The highest BCUT2D eigenvalue weighted by molar-refractivity contribution is 14.0. The van der Waals surface area contributed by atoms with Crippen molar-refractivity contribution in [1.82, 2.24) is 10.6 Å². The molecule has 29 heavy (non-hydrogen) atoms. The smallest absolute Gasteiger partial charge is 0.246 e. The first-order valence-corrected chi connectivity index (χ1v) is 9.26. The van der Waals surface area contributed by atoms with Crippen LogP contribution in [0.1, 0.15) is 18.1 Å². The van der Waals surface area contributed by atoms with E-state index in [9.17, 15) is 9.90 Å². The van der Waals surface area contributed by atoms with E-state index in [-0.39, 0.29) is 42.2 Å². The van der Waals surface area contributed by atoms with Crippen LogP contribution in [0.25, 0.3) is 0 Å². The predicted molar refractivity (Wildman–Crippen MR) is 128 cm³/mol. The van der Waals surface area contributed by atoms with Crippen molar-refractivity contribution in [3.63, 3.8) is 0 Å². The maximum absolute atomic E-state index is 12.1. The quantitative estimate of drug-likeness (QED) is 0.189. The number of amides is 1. The highest BCUT2D eigenvalue weighted by Crippen LogP contribution is 2.19. The number of phenolic OH excluding ortho intramolecular Hbond substituents is 1. The number of rotatable bonds is 8. The third-order valence-electron chi connectivity index (χ3n) is 4.05. The molecule has 0 saturated carbocycles. The summed E-state index contributed by atoms with van der Waals surface area (Å²) in [6.45, 7) is 5.36. The normalized spacial score (nSPS) is 10.7. The summed E-state index contributed by atoms with van der Waals surface area (Å²) in [5.41, 5.74) is 2.88. The van der Waals surface area contributed by atoms with Gasteiger partial charge in [-0.05, 0) is 61.7 Å². The number of methoxy groups -OCH3 is 1. The third-order valence-corrected chi connectivity index (χ3v) is 4.05. The number of guanidine groups is 1. The van der Waals surface area contributed by atoms with Gasteiger partial charge in [0.05, 0.1) is 7.11 Å². The van der Waals surface area contributed by atoms with Crippen molar-refractivity contribution in [3.05, 3.63) is 53.6 Å². The highest BCUT2D eigenvalue weighted by Gasteiger charge is 2.04. The first kappa shape index (κ1) is 24.5. The summed E-state index contributed by atoms with van der Waals surface area (Å²) in [6.07, 6.45) is 0.806. The fourth-order valence-corrected chi connectivity index (χ4v) is 2.58. The van der Waals surface area contributed by atoms with Crippen LogP contribution in [0.15, 0.2) is 47.5 Å². The molecule has 0 unspecified atom stereocenters. The van der Waals surface area contributed by atoms with Crippen molar-refractivity contribution in [2.45, 2.75) is 20.3 Å². The molecule has 2 aromatic rings. The van der Waals surface area contributed by atoms with E-state index in [1.54, 1.807) is 19.2 Å². The minimum atomic E-state index is -0.230. The largest absolute Gasteiger partial charge is 0.508 e. The Kier molecular flexibility index (Phi) is 10.9. The first-order chi connectivity index (χ1) is 13.5. The Morgan fingerprint density at radius 2 is 1.86 bits per heavy atom. The number of halogens is 1. The van der Waals surface area contributed by atoms with Gasteiger partial charge in [-0.15, -0.1) is 24.0 Å². The highest BCUT2D eigenvalue weighted by atomic mass is 127. The van der Waals surface area contributed by atoms with Crippen LogP contribution in [-0.2, 0) is 11.2 Å². The van der Waals surface area contributed by atoms with E-state index in [2.05, 4.69) is 27.0 Å². The second kappa shape index (κ2) is 12.9. The van der Waals surface area contributed by atoms with E-state index >= 15 is 0 Å². The van der Waals surface area contributed by atoms with Gasteiger partial charge in [-0.25, -0.2) is 4.99 Å². The molecule has 0 aliphatic heterocycles. The lowest BCUT2D eigenvalue weighted by atomic mass is 10.1. The number of hydrogen-bond acceptors (Lipinski definition) is 4. The van der Waals surface area contributed by atoms with E-state index in [0.717, 1.165) is 23.3 Å². The molecule has 0 aliphatic rings. The molecule has 0 bridgehead atoms. The summed E-state index contributed by atoms with van der Waals surface area (Å²) >= 11 is 0. The Hall–Kier alpha value is -2.49. The molecule has 0 radical (unpaired) electrons. The molecule has 2 rings (SSSR count). The number of carbonyl (C=O) groups is 1. The van der Waals surface area contributed by atoms with Gasteiger partial charge in [-0.1, -0.05) is 12.1 Å². The van der Waals surface area contributed by atoms with Crippen molar-refractivity contribution in [2.75, 3.05) is 32.1 Å². The molecule has 0 fully saturated rings. The number of ether oxygens (including phenoxy) is 1. The zero-order valence-corrected chi connectivity index (χ0v) is 19.3. The standard InChI is InChI=1S/C21H28N4O3.HI/c1-4-22-21(23-12-11-16-6-5-15(2)19(13-16)28-3)24-14-20(27)25-17-7-9-18(26)10-8-17;/h5-10,13,26H,4,11-12,14H2,1-3H3,(H,25,27)(H2,22,23,24);1H. The van der Waals surface area contributed by atoms with Gasteiger partial charge in [0, 0.05) is 18.8 Å². The minimum absolute atomic E-state index is 0. The molecule has 0 heterocycles. The Balaban J connectivity index is 0.00000420. The van der Waals surface area contributed by atoms with Gasteiger partial charge in [0.25, 0.3) is 0 Å². The summed E-state index contributed by atoms with van der Waals surface area (Å²) < 4.78 is 5.36. The Morgan fingerprint density at radius 3 is 2.52 bits per heavy atom. The van der Waals surface area contributed by atoms with Crippen molar-refractivity contribution in [1.29, 1.82) is 0 Å². The fourth-order valence-electron chi connectivity index (χ4n) is 2.58. The van der Waals surface area contributed by atoms with Gasteiger partial charge in [0.1, 0.15) is 18.0 Å². The number of anilines is 1. The number of aliphatic imine (C=N–C) groups is 1. The van der Waals surface area contributed by atoms with E-state index < -0.39 is 0 Å². The molecule has 8 heteroatoms. The lowest BCUT2D eigenvalue weighted by Gasteiger charge is -2.12. The molecule has 0 atom stereocenters. The Labute approximate surface area is 189 Å². The SMILES string of the molecule is CCNC(=NCC(=O)Nc1ccc(O)cc1)NCCc1ccc(C)c(OC)c1.I. The molecule has 0 spiro atoms. The van der Waals surface area contributed by atoms with E-state index in [1.165, 1.54) is 12.1 Å². The Morgan fingerprint density at radius 1 is 1.14 bits per heavy atom. The zero-order chi connectivity index (χ0) is 20.4. The average molecular weight is 512 g/mol. The van der Waals surface area contributed by atoms with Crippen LogP contribution < -0.4 is 20.7 Å². The van der Waals surface area contributed by atoms with Gasteiger partial charge in [0.15, 0.2) is 5.96 Å². The van der Waals surface area contributed by atoms with Crippen LogP contribution >= 0.6 is 24.0 Å². The molecule has 0 aliphatic carbocycles. The van der Waals surface area contributed by atoms with Crippen molar-refractivity contribution in [3.8, 4) is 11.5 Å². The van der Waals surface area contributed by atoms with E-state index in [4.69, 9.17) is 4.74 Å². The summed E-state index contributed by atoms with van der Waals surface area (Å²) in [7, 11) is 1.67. The molecule has 0 saturated heterocycles. The molecule has 2 aromatic carbocycles. The minimum Gasteiger partial charge on any atom is -0.508 e. The second-order valence-electron chi connectivity index (χ2n) is 6.27. The third kappa shape index (κ3) is 8.59. The van der Waals surface area contributed by atoms with Gasteiger partial charge in [-0.2, -0.15) is 0 Å². The average Bonchev–Trinajstić information content (AvgIpc) is 2.69. The van der Waals surface area contributed by atoms with Crippen LogP contribution in [0, 0.1) is 6.92 Å². The summed E-state index contributed by atoms with van der Waals surface area (Å²) in [6, 6.07) is 12.5. The number of benzene rings is 2. The molecule has 158 valence electrons. The monoisotopic (exact) mass is 512 g/mol. The van der Waals surface area contributed by atoms with Crippen LogP contribution in [0.5, 0.6) is 11.5 Å². The fraction of sp³-hybridized carbons (Fsp3) is 0.333. The van der Waals surface area contributed by atoms with Gasteiger partial charge >= 0.3 is 0 Å². The number of aryl methyl sites for hydroxylation is 1. The molecule has 4 N–H and O–H groups in total. The molecular weight excluding hydrogens is 483 g/mol. The van der Waals surface area contributed by atoms with Gasteiger partial charge in [0.2, 0.25) is 5.91 Å². The van der Waals surface area contributed by atoms with Crippen LogP contribution in [0.4, 0.5) is 5.69 Å². The van der Waals surface area contributed by atoms with Crippen LogP contribution in [-0.4, -0.2) is 43.7 Å². The van der Waals surface area contributed by atoms with E-state index in [1.807, 2.05) is 26.0 Å².